The molecule has 1 saturated heterocycles. The highest BCUT2D eigenvalue weighted by Crippen LogP contribution is 2.21. The second-order valence-electron chi connectivity index (χ2n) is 4.78. The molecule has 1 aromatic rings. The van der Waals surface area contributed by atoms with Crippen LogP contribution in [0.5, 0.6) is 0 Å². The minimum Gasteiger partial charge on any atom is -0.338 e. The summed E-state index contributed by atoms with van der Waals surface area (Å²) in [6, 6.07) is 4.15. The van der Waals surface area contributed by atoms with E-state index in [-0.39, 0.29) is 17.0 Å². The average molecular weight is 264 g/mol. The van der Waals surface area contributed by atoms with Crippen LogP contribution in [0.15, 0.2) is 12.1 Å². The normalized spacial score (nSPS) is 16.2. The van der Waals surface area contributed by atoms with Crippen molar-refractivity contribution < 1.29 is 13.6 Å². The van der Waals surface area contributed by atoms with Gasteiger partial charge in [0.1, 0.15) is 11.6 Å². The van der Waals surface area contributed by atoms with Gasteiger partial charge in [-0.3, -0.25) is 4.79 Å². The maximum Gasteiger partial charge on any atom is 0.256 e. The second kappa shape index (κ2) is 5.35. The number of nitrogens with zero attached hydrogens (tertiary/aromatic N) is 2. The molecule has 0 aliphatic carbocycles. The third kappa shape index (κ3) is 2.73. The monoisotopic (exact) mass is 264 g/mol. The van der Waals surface area contributed by atoms with Crippen LogP contribution in [0.2, 0.25) is 0 Å². The van der Waals surface area contributed by atoms with Crippen LogP contribution in [0.4, 0.5) is 8.78 Å². The van der Waals surface area contributed by atoms with E-state index in [1.165, 1.54) is 17.9 Å². The van der Waals surface area contributed by atoms with Crippen LogP contribution < -0.4 is 0 Å². The van der Waals surface area contributed by atoms with Gasteiger partial charge in [0.25, 0.3) is 5.91 Å². The van der Waals surface area contributed by atoms with Crippen LogP contribution in [0.3, 0.4) is 0 Å². The van der Waals surface area contributed by atoms with E-state index in [0.29, 0.717) is 25.9 Å². The summed E-state index contributed by atoms with van der Waals surface area (Å²) in [6.07, 6.45) is 1.20. The van der Waals surface area contributed by atoms with Crippen molar-refractivity contribution in [1.82, 2.24) is 4.90 Å². The van der Waals surface area contributed by atoms with Crippen LogP contribution >= 0.6 is 0 Å². The minimum atomic E-state index is -0.837. The Morgan fingerprint density at radius 1 is 1.32 bits per heavy atom. The summed E-state index contributed by atoms with van der Waals surface area (Å²) in [6.45, 7) is 2.37. The highest BCUT2D eigenvalue weighted by atomic mass is 19.1. The molecule has 0 bridgehead atoms. The fraction of sp³-hybridized carbons (Fsp3) is 0.429. The molecule has 0 atom stereocenters. The molecule has 1 aliphatic rings. The molecule has 19 heavy (non-hydrogen) atoms. The lowest BCUT2D eigenvalue weighted by Crippen LogP contribution is -2.38. The smallest absolute Gasteiger partial charge is 0.256 e. The Morgan fingerprint density at radius 3 is 2.53 bits per heavy atom. The van der Waals surface area contributed by atoms with E-state index < -0.39 is 17.5 Å². The van der Waals surface area contributed by atoms with Crippen molar-refractivity contribution in [2.45, 2.75) is 19.8 Å². The van der Waals surface area contributed by atoms with Gasteiger partial charge in [0.15, 0.2) is 0 Å². The van der Waals surface area contributed by atoms with Gasteiger partial charge in [-0.05, 0) is 31.4 Å². The zero-order chi connectivity index (χ0) is 14.0. The van der Waals surface area contributed by atoms with Gasteiger partial charge in [0.2, 0.25) is 0 Å². The van der Waals surface area contributed by atoms with Gasteiger partial charge in [-0.15, -0.1) is 0 Å². The molecule has 1 heterocycles. The number of hydrogen-bond acceptors (Lipinski definition) is 2. The molecule has 1 aromatic carbocycles. The molecule has 0 saturated carbocycles. The summed E-state index contributed by atoms with van der Waals surface area (Å²) in [4.78, 5) is 13.7. The molecule has 1 amide bonds. The van der Waals surface area contributed by atoms with Crippen LogP contribution in [-0.2, 0) is 0 Å². The highest BCUT2D eigenvalue weighted by molar-refractivity contribution is 5.94. The van der Waals surface area contributed by atoms with Crippen molar-refractivity contribution in [3.05, 3.63) is 34.9 Å². The number of nitriles is 1. The lowest BCUT2D eigenvalue weighted by molar-refractivity contribution is 0.0702. The van der Waals surface area contributed by atoms with Gasteiger partial charge in [0.05, 0.1) is 11.6 Å². The number of hydrogen-bond donors (Lipinski definition) is 0. The summed E-state index contributed by atoms with van der Waals surface area (Å²) in [5, 5.41) is 8.79. The molecule has 0 aromatic heterocycles. The summed E-state index contributed by atoms with van der Waals surface area (Å²) < 4.78 is 26.8. The number of aryl methyl sites for hydroxylation is 1. The van der Waals surface area contributed by atoms with Crippen LogP contribution in [0.1, 0.15) is 28.8 Å². The lowest BCUT2D eigenvalue weighted by Gasteiger charge is -2.29. The SMILES string of the molecule is Cc1cc(C(=O)N2CCC(C#N)CC2)c(F)cc1F. The fourth-order valence-corrected chi connectivity index (χ4v) is 2.20. The molecule has 0 spiro atoms. The van der Waals surface area contributed by atoms with Crippen molar-refractivity contribution in [2.24, 2.45) is 5.92 Å². The van der Waals surface area contributed by atoms with Crippen LogP contribution in [0.25, 0.3) is 0 Å². The molecule has 1 fully saturated rings. The lowest BCUT2D eigenvalue weighted by atomic mass is 9.98. The average Bonchev–Trinajstić information content (AvgIpc) is 2.42. The van der Waals surface area contributed by atoms with Crippen molar-refractivity contribution in [3.8, 4) is 6.07 Å². The first-order valence-electron chi connectivity index (χ1n) is 6.17. The third-order valence-electron chi connectivity index (χ3n) is 3.44. The standard InChI is InChI=1S/C14H14F2N2O/c1-9-6-11(13(16)7-12(9)15)14(19)18-4-2-10(8-17)3-5-18/h6-7,10H,2-5H2,1H3. The summed E-state index contributed by atoms with van der Waals surface area (Å²) in [5.41, 5.74) is 0.144. The van der Waals surface area contributed by atoms with Gasteiger partial charge in [-0.25, -0.2) is 8.78 Å². The van der Waals surface area contributed by atoms with E-state index in [1.807, 2.05) is 0 Å². The number of halogens is 2. The number of rotatable bonds is 1. The second-order valence-corrected chi connectivity index (χ2v) is 4.78. The third-order valence-corrected chi connectivity index (χ3v) is 3.44. The Balaban J connectivity index is 2.17. The minimum absolute atomic E-state index is 0.0381. The number of likely N-dealkylation sites (tertiary alicyclic amines) is 1. The van der Waals surface area contributed by atoms with Gasteiger partial charge in [-0.2, -0.15) is 5.26 Å². The molecular formula is C14H14F2N2O. The first-order valence-corrected chi connectivity index (χ1v) is 6.17. The summed E-state index contributed by atoms with van der Waals surface area (Å²) >= 11 is 0. The number of benzene rings is 1. The van der Waals surface area contributed by atoms with Gasteiger partial charge in [0, 0.05) is 25.1 Å². The Kier molecular flexibility index (Phi) is 3.79. The molecule has 0 radical (unpaired) electrons. The van der Waals surface area contributed by atoms with Crippen LogP contribution in [-0.4, -0.2) is 23.9 Å². The molecule has 5 heteroatoms. The zero-order valence-corrected chi connectivity index (χ0v) is 10.6. The number of amides is 1. The Labute approximate surface area is 110 Å². The molecule has 2 rings (SSSR count). The van der Waals surface area contributed by atoms with Crippen molar-refractivity contribution >= 4 is 5.91 Å². The number of carbonyl (C=O) groups is 1. The van der Waals surface area contributed by atoms with E-state index in [1.54, 1.807) is 0 Å². The van der Waals surface area contributed by atoms with Gasteiger partial charge >= 0.3 is 0 Å². The fourth-order valence-electron chi connectivity index (χ4n) is 2.20. The maximum absolute atomic E-state index is 13.6. The van der Waals surface area contributed by atoms with Crippen molar-refractivity contribution in [2.75, 3.05) is 13.1 Å². The van der Waals surface area contributed by atoms with Crippen LogP contribution in [0, 0.1) is 35.8 Å². The first kappa shape index (κ1) is 13.5. The van der Waals surface area contributed by atoms with Gasteiger partial charge < -0.3 is 4.90 Å². The number of piperidine rings is 1. The zero-order valence-electron chi connectivity index (χ0n) is 10.6. The van der Waals surface area contributed by atoms with E-state index in [4.69, 9.17) is 5.26 Å². The summed E-state index contributed by atoms with van der Waals surface area (Å²) in [7, 11) is 0. The van der Waals surface area contributed by atoms with E-state index in [9.17, 15) is 13.6 Å². The number of carbonyl (C=O) groups excluding carboxylic acids is 1. The Morgan fingerprint density at radius 2 is 1.95 bits per heavy atom. The van der Waals surface area contributed by atoms with E-state index >= 15 is 0 Å². The maximum atomic E-state index is 13.6. The van der Waals surface area contributed by atoms with E-state index in [0.717, 1.165) is 6.07 Å². The first-order chi connectivity index (χ1) is 9.02. The van der Waals surface area contributed by atoms with Crippen molar-refractivity contribution in [1.29, 1.82) is 5.26 Å². The molecule has 1 aliphatic heterocycles. The molecule has 3 nitrogen and oxygen atoms in total. The van der Waals surface area contributed by atoms with Crippen molar-refractivity contribution in [3.63, 3.8) is 0 Å². The topological polar surface area (TPSA) is 44.1 Å². The Bertz CT molecular complexity index is 543. The van der Waals surface area contributed by atoms with E-state index in [2.05, 4.69) is 6.07 Å². The molecule has 0 unspecified atom stereocenters. The Hall–Kier alpha value is -1.96. The molecule has 100 valence electrons. The predicted octanol–water partition coefficient (Wildman–Crippen LogP) is 2.65. The van der Waals surface area contributed by atoms with Gasteiger partial charge in [-0.1, -0.05) is 0 Å². The predicted molar refractivity (Wildman–Crippen MR) is 65.3 cm³/mol. The summed E-state index contributed by atoms with van der Waals surface area (Å²) in [5.74, 6) is -1.96. The largest absolute Gasteiger partial charge is 0.338 e. The molecule has 0 N–H and O–H groups in total. The highest BCUT2D eigenvalue weighted by Gasteiger charge is 2.25. The quantitative estimate of drug-likeness (QED) is 0.782. The molecular weight excluding hydrogens is 250 g/mol.